The van der Waals surface area contributed by atoms with Crippen LogP contribution in [0.25, 0.3) is 0 Å². The monoisotopic (exact) mass is 312 g/mol. The van der Waals surface area contributed by atoms with Gasteiger partial charge in [-0.25, -0.2) is 0 Å². The van der Waals surface area contributed by atoms with Crippen LogP contribution in [0.2, 0.25) is 0 Å². The number of thiophene rings is 1. The number of carbonyl (C=O) groups is 2. The molecular weight excluding hydrogens is 296 g/mol. The highest BCUT2D eigenvalue weighted by Crippen LogP contribution is 2.40. The zero-order chi connectivity index (χ0) is 14.8. The SMILES string of the molecule is NC(=O)CC1COCCN1C(=O)c1scc2c1OCCO2. The van der Waals surface area contributed by atoms with Crippen LogP contribution in [0.15, 0.2) is 5.38 Å². The van der Waals surface area contributed by atoms with Crippen LogP contribution in [0.3, 0.4) is 0 Å². The van der Waals surface area contributed by atoms with Gasteiger partial charge in [-0.15, -0.1) is 11.3 Å². The average Bonchev–Trinajstić information content (AvgIpc) is 2.90. The molecule has 1 aromatic rings. The zero-order valence-electron chi connectivity index (χ0n) is 11.4. The summed E-state index contributed by atoms with van der Waals surface area (Å²) in [6.45, 7) is 2.12. The van der Waals surface area contributed by atoms with Gasteiger partial charge in [0.05, 0.1) is 19.3 Å². The maximum absolute atomic E-state index is 12.7. The molecule has 7 nitrogen and oxygen atoms in total. The number of primary amides is 1. The zero-order valence-corrected chi connectivity index (χ0v) is 12.2. The van der Waals surface area contributed by atoms with Crippen molar-refractivity contribution < 1.29 is 23.8 Å². The van der Waals surface area contributed by atoms with Crippen molar-refractivity contribution in [2.24, 2.45) is 5.73 Å². The van der Waals surface area contributed by atoms with Crippen molar-refractivity contribution in [2.75, 3.05) is 33.0 Å². The van der Waals surface area contributed by atoms with Crippen molar-refractivity contribution in [3.63, 3.8) is 0 Å². The molecule has 3 rings (SSSR count). The third-order valence-electron chi connectivity index (χ3n) is 3.42. The van der Waals surface area contributed by atoms with Crippen LogP contribution < -0.4 is 15.2 Å². The molecule has 1 unspecified atom stereocenters. The van der Waals surface area contributed by atoms with Crippen molar-refractivity contribution in [3.05, 3.63) is 10.3 Å². The Hall–Kier alpha value is -1.80. The number of hydrogen-bond donors (Lipinski definition) is 1. The molecule has 21 heavy (non-hydrogen) atoms. The second-order valence-corrected chi connectivity index (χ2v) is 5.73. The summed E-state index contributed by atoms with van der Waals surface area (Å²) < 4.78 is 16.3. The standard InChI is InChI=1S/C13H16N2O5S/c14-10(16)5-8-6-18-2-1-15(8)13(17)12-11-9(7-21-12)19-3-4-20-11/h7-8H,1-6H2,(H2,14,16). The Morgan fingerprint density at radius 1 is 1.33 bits per heavy atom. The summed E-state index contributed by atoms with van der Waals surface area (Å²) in [5.41, 5.74) is 5.24. The summed E-state index contributed by atoms with van der Waals surface area (Å²) in [5.74, 6) is 0.493. The van der Waals surface area contributed by atoms with Crippen LogP contribution in [-0.2, 0) is 9.53 Å². The summed E-state index contributed by atoms with van der Waals surface area (Å²) in [6, 6.07) is -0.328. The van der Waals surface area contributed by atoms with Gasteiger partial charge in [-0.2, -0.15) is 0 Å². The van der Waals surface area contributed by atoms with Crippen LogP contribution in [0.4, 0.5) is 0 Å². The number of ether oxygens (including phenoxy) is 3. The van der Waals surface area contributed by atoms with Gasteiger partial charge in [-0.3, -0.25) is 9.59 Å². The Kier molecular flexibility index (Phi) is 3.98. The maximum Gasteiger partial charge on any atom is 0.268 e. The quantitative estimate of drug-likeness (QED) is 0.863. The Balaban J connectivity index is 1.82. The summed E-state index contributed by atoms with van der Waals surface area (Å²) in [6.07, 6.45) is 0.0939. The lowest BCUT2D eigenvalue weighted by Gasteiger charge is -2.35. The molecule has 3 heterocycles. The van der Waals surface area contributed by atoms with E-state index in [0.717, 1.165) is 0 Å². The van der Waals surface area contributed by atoms with Crippen LogP contribution in [0.1, 0.15) is 16.1 Å². The Bertz CT molecular complexity index is 559. The van der Waals surface area contributed by atoms with Gasteiger partial charge in [0, 0.05) is 18.3 Å². The van der Waals surface area contributed by atoms with E-state index in [1.165, 1.54) is 11.3 Å². The molecule has 2 N–H and O–H groups in total. The number of nitrogens with two attached hydrogens (primary N) is 1. The minimum Gasteiger partial charge on any atom is -0.485 e. The van der Waals surface area contributed by atoms with E-state index in [9.17, 15) is 9.59 Å². The molecule has 0 spiro atoms. The second-order valence-electron chi connectivity index (χ2n) is 4.85. The maximum atomic E-state index is 12.7. The van der Waals surface area contributed by atoms with Crippen LogP contribution in [-0.4, -0.2) is 55.7 Å². The van der Waals surface area contributed by atoms with E-state index < -0.39 is 5.91 Å². The van der Waals surface area contributed by atoms with E-state index in [0.29, 0.717) is 49.3 Å². The Labute approximate surface area is 125 Å². The Morgan fingerprint density at radius 2 is 2.14 bits per heavy atom. The van der Waals surface area contributed by atoms with Gasteiger partial charge >= 0.3 is 0 Å². The van der Waals surface area contributed by atoms with Crippen molar-refractivity contribution in [3.8, 4) is 11.5 Å². The molecule has 1 atom stereocenters. The van der Waals surface area contributed by atoms with E-state index in [2.05, 4.69) is 0 Å². The van der Waals surface area contributed by atoms with E-state index >= 15 is 0 Å². The highest BCUT2D eigenvalue weighted by molar-refractivity contribution is 7.12. The largest absolute Gasteiger partial charge is 0.485 e. The van der Waals surface area contributed by atoms with Gasteiger partial charge in [0.2, 0.25) is 5.91 Å². The topological polar surface area (TPSA) is 91.1 Å². The van der Waals surface area contributed by atoms with E-state index in [4.69, 9.17) is 19.9 Å². The van der Waals surface area contributed by atoms with Gasteiger partial charge in [0.1, 0.15) is 18.1 Å². The number of fused-ring (bicyclic) bond motifs is 1. The number of carbonyl (C=O) groups excluding carboxylic acids is 2. The number of morpholine rings is 1. The number of hydrogen-bond acceptors (Lipinski definition) is 6. The molecule has 0 aromatic carbocycles. The normalized spacial score (nSPS) is 21.1. The van der Waals surface area contributed by atoms with Crippen molar-refractivity contribution in [2.45, 2.75) is 12.5 Å². The summed E-state index contributed by atoms with van der Waals surface area (Å²) in [4.78, 5) is 26.0. The first kappa shape index (κ1) is 14.2. The molecule has 2 aliphatic rings. The van der Waals surface area contributed by atoms with E-state index in [1.807, 2.05) is 0 Å². The van der Waals surface area contributed by atoms with Gasteiger partial charge in [0.15, 0.2) is 11.5 Å². The molecule has 1 aromatic heterocycles. The first-order chi connectivity index (χ1) is 10.2. The number of rotatable bonds is 3. The van der Waals surface area contributed by atoms with Gasteiger partial charge in [-0.05, 0) is 0 Å². The van der Waals surface area contributed by atoms with Gasteiger partial charge < -0.3 is 24.8 Å². The summed E-state index contributed by atoms with van der Waals surface area (Å²) >= 11 is 1.29. The van der Waals surface area contributed by atoms with E-state index in [1.54, 1.807) is 10.3 Å². The van der Waals surface area contributed by atoms with E-state index in [-0.39, 0.29) is 18.4 Å². The van der Waals surface area contributed by atoms with Crippen molar-refractivity contribution in [1.82, 2.24) is 4.90 Å². The molecule has 8 heteroatoms. The molecule has 114 valence electrons. The van der Waals surface area contributed by atoms with Crippen molar-refractivity contribution in [1.29, 1.82) is 0 Å². The molecule has 0 saturated carbocycles. The molecular formula is C13H16N2O5S. The van der Waals surface area contributed by atoms with Gasteiger partial charge in [-0.1, -0.05) is 0 Å². The molecule has 0 bridgehead atoms. The van der Waals surface area contributed by atoms with Crippen LogP contribution in [0.5, 0.6) is 11.5 Å². The number of amides is 2. The third-order valence-corrected chi connectivity index (χ3v) is 4.35. The van der Waals surface area contributed by atoms with Crippen molar-refractivity contribution >= 4 is 23.2 Å². The second kappa shape index (κ2) is 5.90. The lowest BCUT2D eigenvalue weighted by atomic mass is 10.1. The lowest BCUT2D eigenvalue weighted by Crippen LogP contribution is -2.50. The molecule has 2 amide bonds. The first-order valence-electron chi connectivity index (χ1n) is 6.71. The predicted molar refractivity (Wildman–Crippen MR) is 74.8 cm³/mol. The molecule has 1 saturated heterocycles. The third kappa shape index (κ3) is 2.81. The fraction of sp³-hybridized carbons (Fsp3) is 0.538. The predicted octanol–water partition coefficient (Wildman–Crippen LogP) is 0.236. The Morgan fingerprint density at radius 3 is 2.95 bits per heavy atom. The molecule has 0 aliphatic carbocycles. The average molecular weight is 312 g/mol. The highest BCUT2D eigenvalue weighted by atomic mass is 32.1. The minimum absolute atomic E-state index is 0.0939. The molecule has 1 fully saturated rings. The smallest absolute Gasteiger partial charge is 0.268 e. The van der Waals surface area contributed by atoms with Crippen LogP contribution >= 0.6 is 11.3 Å². The lowest BCUT2D eigenvalue weighted by molar-refractivity contribution is -0.120. The summed E-state index contributed by atoms with van der Waals surface area (Å²) in [5, 5.41) is 1.77. The fourth-order valence-corrected chi connectivity index (χ4v) is 3.35. The first-order valence-corrected chi connectivity index (χ1v) is 7.59. The molecule has 2 aliphatic heterocycles. The summed E-state index contributed by atoms with van der Waals surface area (Å²) in [7, 11) is 0. The fourth-order valence-electron chi connectivity index (χ4n) is 2.46. The minimum atomic E-state index is -0.448. The highest BCUT2D eigenvalue weighted by Gasteiger charge is 2.33. The van der Waals surface area contributed by atoms with Crippen LogP contribution in [0, 0.1) is 0 Å². The molecule has 0 radical (unpaired) electrons. The number of nitrogens with zero attached hydrogens (tertiary/aromatic N) is 1. The van der Waals surface area contributed by atoms with Gasteiger partial charge in [0.25, 0.3) is 5.91 Å².